The van der Waals surface area contributed by atoms with Crippen molar-refractivity contribution in [1.29, 1.82) is 0 Å². The highest BCUT2D eigenvalue weighted by Gasteiger charge is 2.41. The van der Waals surface area contributed by atoms with Crippen LogP contribution in [0.4, 0.5) is 0 Å². The van der Waals surface area contributed by atoms with Crippen LogP contribution in [0.15, 0.2) is 54.5 Å². The lowest BCUT2D eigenvalue weighted by Gasteiger charge is -2.25. The first-order valence-electron chi connectivity index (χ1n) is 9.99. The number of hydrogen-bond donors (Lipinski definition) is 0. The zero-order valence-electron chi connectivity index (χ0n) is 17.6. The largest absolute Gasteiger partial charge is 0.496 e. The van der Waals surface area contributed by atoms with Crippen LogP contribution < -0.4 is 4.74 Å². The molecule has 1 aromatic heterocycles. The van der Waals surface area contributed by atoms with E-state index in [9.17, 15) is 9.59 Å². The molecule has 2 heterocycles. The van der Waals surface area contributed by atoms with Crippen LogP contribution in [0.3, 0.4) is 0 Å². The molecule has 0 fully saturated rings. The molecular weight excluding hydrogens is 382 g/mol. The summed E-state index contributed by atoms with van der Waals surface area (Å²) in [5.41, 5.74) is 2.54. The fourth-order valence-electron chi connectivity index (χ4n) is 3.58. The maximum absolute atomic E-state index is 13.3. The number of methoxy groups -OCH3 is 2. The average molecular weight is 409 g/mol. The van der Waals surface area contributed by atoms with Gasteiger partial charge in [-0.3, -0.25) is 19.5 Å². The number of rotatable bonds is 10. The van der Waals surface area contributed by atoms with Crippen molar-refractivity contribution < 1.29 is 19.1 Å². The second kappa shape index (κ2) is 10.0. The lowest BCUT2D eigenvalue weighted by atomic mass is 10.0. The monoisotopic (exact) mass is 409 g/mol. The summed E-state index contributed by atoms with van der Waals surface area (Å²) in [6, 6.07) is 11.2. The summed E-state index contributed by atoms with van der Waals surface area (Å²) in [6.45, 7) is 3.67. The Kier molecular flexibility index (Phi) is 7.19. The summed E-state index contributed by atoms with van der Waals surface area (Å²) in [5.74, 6) is -0.0571. The van der Waals surface area contributed by atoms with Crippen LogP contribution in [-0.2, 0) is 20.7 Å². The van der Waals surface area contributed by atoms with Gasteiger partial charge in [0, 0.05) is 38.2 Å². The number of carbonyl (C=O) groups excluding carboxylic acids is 2. The van der Waals surface area contributed by atoms with E-state index < -0.39 is 0 Å². The number of likely N-dealkylation sites (N-methyl/N-ethyl adjacent to an activating group) is 1. The number of hydrogen-bond acceptors (Lipinski definition) is 6. The van der Waals surface area contributed by atoms with E-state index in [-0.39, 0.29) is 25.0 Å². The number of para-hydroxylation sites is 1. The minimum absolute atomic E-state index is 0.207. The molecule has 30 heavy (non-hydrogen) atoms. The van der Waals surface area contributed by atoms with Gasteiger partial charge in [0.05, 0.1) is 25.8 Å². The molecule has 2 amide bonds. The Balaban J connectivity index is 2.02. The van der Waals surface area contributed by atoms with Crippen LogP contribution in [0.5, 0.6) is 5.75 Å². The molecule has 7 heteroatoms. The quantitative estimate of drug-likeness (QED) is 0.561. The minimum Gasteiger partial charge on any atom is -0.496 e. The number of imide groups is 1. The van der Waals surface area contributed by atoms with Gasteiger partial charge in [-0.15, -0.1) is 0 Å². The number of carbonyl (C=O) groups is 2. The van der Waals surface area contributed by atoms with Gasteiger partial charge < -0.3 is 14.4 Å². The number of aromatic nitrogens is 1. The van der Waals surface area contributed by atoms with Crippen molar-refractivity contribution in [1.82, 2.24) is 14.8 Å². The third kappa shape index (κ3) is 4.36. The van der Waals surface area contributed by atoms with Crippen LogP contribution in [-0.4, -0.2) is 67.1 Å². The number of nitrogens with zero attached hydrogens (tertiary/aromatic N) is 3. The van der Waals surface area contributed by atoms with E-state index in [1.165, 1.54) is 4.90 Å². The molecule has 158 valence electrons. The zero-order valence-corrected chi connectivity index (χ0v) is 17.6. The Morgan fingerprint density at radius 3 is 2.43 bits per heavy atom. The molecule has 0 saturated carbocycles. The first-order chi connectivity index (χ1) is 14.6. The van der Waals surface area contributed by atoms with Crippen molar-refractivity contribution in [2.24, 2.45) is 0 Å². The predicted octanol–water partition coefficient (Wildman–Crippen LogP) is 2.38. The summed E-state index contributed by atoms with van der Waals surface area (Å²) >= 11 is 0. The highest BCUT2D eigenvalue weighted by Crippen LogP contribution is 2.36. The fourth-order valence-corrected chi connectivity index (χ4v) is 3.58. The number of amides is 2. The van der Waals surface area contributed by atoms with Crippen LogP contribution in [0, 0.1) is 0 Å². The van der Waals surface area contributed by atoms with E-state index in [4.69, 9.17) is 9.47 Å². The molecule has 3 rings (SSSR count). The maximum Gasteiger partial charge on any atom is 0.277 e. The molecule has 0 radical (unpaired) electrons. The smallest absolute Gasteiger partial charge is 0.277 e. The van der Waals surface area contributed by atoms with Crippen molar-refractivity contribution >= 4 is 17.4 Å². The molecule has 0 spiro atoms. The van der Waals surface area contributed by atoms with Crippen molar-refractivity contribution in [3.05, 3.63) is 65.6 Å². The maximum atomic E-state index is 13.3. The first-order valence-corrected chi connectivity index (χ1v) is 9.99. The van der Waals surface area contributed by atoms with E-state index in [2.05, 4.69) is 4.98 Å². The summed E-state index contributed by atoms with van der Waals surface area (Å²) < 4.78 is 10.6. The Labute approximate surface area is 176 Å². The highest BCUT2D eigenvalue weighted by atomic mass is 16.5. The predicted molar refractivity (Wildman–Crippen MR) is 114 cm³/mol. The van der Waals surface area contributed by atoms with Gasteiger partial charge in [-0.1, -0.05) is 18.2 Å². The Bertz CT molecular complexity index is 927. The van der Waals surface area contributed by atoms with E-state index in [1.807, 2.05) is 42.2 Å². The first kappa shape index (κ1) is 21.5. The fraction of sp³-hybridized carbons (Fsp3) is 0.348. The van der Waals surface area contributed by atoms with Gasteiger partial charge in [0.2, 0.25) is 0 Å². The molecule has 0 unspecified atom stereocenters. The van der Waals surface area contributed by atoms with E-state index in [1.54, 1.807) is 32.7 Å². The van der Waals surface area contributed by atoms with Crippen molar-refractivity contribution in [3.63, 3.8) is 0 Å². The van der Waals surface area contributed by atoms with E-state index in [0.29, 0.717) is 35.7 Å². The molecule has 0 aliphatic carbocycles. The number of ether oxygens (including phenoxy) is 2. The van der Waals surface area contributed by atoms with Crippen molar-refractivity contribution in [2.45, 2.75) is 13.3 Å². The SMILES string of the molecule is CCN(CCc1ccncc1)C1=C(c2ccccc2OC)C(=O)N(CCOC)C1=O. The molecule has 2 aromatic rings. The molecule has 0 bridgehead atoms. The van der Waals surface area contributed by atoms with Crippen LogP contribution >= 0.6 is 0 Å². The third-order valence-electron chi connectivity index (χ3n) is 5.16. The van der Waals surface area contributed by atoms with Gasteiger partial charge in [0.1, 0.15) is 11.4 Å². The molecule has 0 saturated heterocycles. The summed E-state index contributed by atoms with van der Waals surface area (Å²) in [7, 11) is 3.11. The third-order valence-corrected chi connectivity index (χ3v) is 5.16. The van der Waals surface area contributed by atoms with Gasteiger partial charge >= 0.3 is 0 Å². The van der Waals surface area contributed by atoms with Crippen molar-refractivity contribution in [3.8, 4) is 5.75 Å². The van der Waals surface area contributed by atoms with Crippen LogP contribution in [0.1, 0.15) is 18.1 Å². The second-order valence-corrected chi connectivity index (χ2v) is 6.86. The molecule has 1 aliphatic heterocycles. The summed E-state index contributed by atoms with van der Waals surface area (Å²) in [4.78, 5) is 33.9. The van der Waals surface area contributed by atoms with Crippen LogP contribution in [0.2, 0.25) is 0 Å². The Morgan fingerprint density at radius 1 is 1.03 bits per heavy atom. The summed E-state index contributed by atoms with van der Waals surface area (Å²) in [6.07, 6.45) is 4.24. The zero-order chi connectivity index (χ0) is 21.5. The lowest BCUT2D eigenvalue weighted by Crippen LogP contribution is -2.37. The normalized spacial score (nSPS) is 13.9. The topological polar surface area (TPSA) is 72.0 Å². The molecular formula is C23H27N3O4. The molecule has 1 aliphatic rings. The van der Waals surface area contributed by atoms with E-state index in [0.717, 1.165) is 12.0 Å². The summed E-state index contributed by atoms with van der Waals surface area (Å²) in [5, 5.41) is 0. The van der Waals surface area contributed by atoms with Gasteiger partial charge in [0.15, 0.2) is 0 Å². The van der Waals surface area contributed by atoms with Gasteiger partial charge in [0.25, 0.3) is 11.8 Å². The van der Waals surface area contributed by atoms with Gasteiger partial charge in [-0.2, -0.15) is 0 Å². The molecule has 1 aromatic carbocycles. The Hall–Kier alpha value is -3.19. The second-order valence-electron chi connectivity index (χ2n) is 6.86. The molecule has 0 atom stereocenters. The van der Waals surface area contributed by atoms with Gasteiger partial charge in [-0.25, -0.2) is 0 Å². The van der Waals surface area contributed by atoms with Gasteiger partial charge in [-0.05, 0) is 37.1 Å². The van der Waals surface area contributed by atoms with Crippen molar-refractivity contribution in [2.75, 3.05) is 40.5 Å². The Morgan fingerprint density at radius 2 is 1.77 bits per heavy atom. The standard InChI is InChI=1S/C23H27N3O4/c1-4-25(14-11-17-9-12-24-13-10-17)21-20(18-7-5-6-8-19(18)30-3)22(27)26(23(21)28)15-16-29-2/h5-10,12-13H,4,11,14-16H2,1-3H3. The number of pyridine rings is 1. The van der Waals surface area contributed by atoms with Crippen LogP contribution in [0.25, 0.3) is 5.57 Å². The van der Waals surface area contributed by atoms with E-state index >= 15 is 0 Å². The molecule has 7 nitrogen and oxygen atoms in total. The molecule has 0 N–H and O–H groups in total. The average Bonchev–Trinajstić information content (AvgIpc) is 3.03. The lowest BCUT2D eigenvalue weighted by molar-refractivity contribution is -0.138. The highest BCUT2D eigenvalue weighted by molar-refractivity contribution is 6.36. The number of benzene rings is 1. The minimum atomic E-state index is -0.320.